The number of halogens is 1. The fourth-order valence-electron chi connectivity index (χ4n) is 2.27. The Morgan fingerprint density at radius 3 is 3.09 bits per heavy atom. The minimum atomic E-state index is -0.537. The van der Waals surface area contributed by atoms with E-state index in [-0.39, 0.29) is 24.8 Å². The monoisotopic (exact) mass is 350 g/mol. The SMILES string of the molecule is O=C(CC1COc2cc(Cl)ccc2NC1=O)NCc1cccs1. The number of amides is 2. The molecule has 0 saturated heterocycles. The van der Waals surface area contributed by atoms with E-state index in [9.17, 15) is 9.59 Å². The Hall–Kier alpha value is -2.05. The van der Waals surface area contributed by atoms with Gasteiger partial charge in [0.25, 0.3) is 0 Å². The van der Waals surface area contributed by atoms with Crippen molar-refractivity contribution < 1.29 is 14.3 Å². The molecule has 23 heavy (non-hydrogen) atoms. The van der Waals surface area contributed by atoms with Crippen LogP contribution in [0.2, 0.25) is 5.02 Å². The predicted molar refractivity (Wildman–Crippen MR) is 89.8 cm³/mol. The first-order chi connectivity index (χ1) is 11.1. The van der Waals surface area contributed by atoms with Crippen molar-refractivity contribution in [2.24, 2.45) is 5.92 Å². The van der Waals surface area contributed by atoms with Crippen molar-refractivity contribution in [3.8, 4) is 5.75 Å². The fourth-order valence-corrected chi connectivity index (χ4v) is 3.07. The van der Waals surface area contributed by atoms with Crippen molar-refractivity contribution in [1.82, 2.24) is 5.32 Å². The van der Waals surface area contributed by atoms with Crippen LogP contribution in [0.3, 0.4) is 0 Å². The molecule has 3 rings (SSSR count). The molecule has 0 bridgehead atoms. The molecule has 1 aliphatic rings. The molecule has 2 amide bonds. The number of carbonyl (C=O) groups excluding carboxylic acids is 2. The number of hydrogen-bond donors (Lipinski definition) is 2. The molecule has 2 aromatic rings. The summed E-state index contributed by atoms with van der Waals surface area (Å²) in [4.78, 5) is 25.3. The normalized spacial score (nSPS) is 16.7. The van der Waals surface area contributed by atoms with Gasteiger partial charge in [-0.2, -0.15) is 0 Å². The molecule has 2 heterocycles. The van der Waals surface area contributed by atoms with Gasteiger partial charge in [-0.3, -0.25) is 9.59 Å². The van der Waals surface area contributed by atoms with Crippen LogP contribution in [0.15, 0.2) is 35.7 Å². The van der Waals surface area contributed by atoms with Crippen molar-refractivity contribution in [3.05, 3.63) is 45.6 Å². The molecule has 1 aromatic heterocycles. The Morgan fingerprint density at radius 2 is 2.30 bits per heavy atom. The van der Waals surface area contributed by atoms with Crippen LogP contribution in [0.4, 0.5) is 5.69 Å². The molecule has 0 fully saturated rings. The Morgan fingerprint density at radius 1 is 1.43 bits per heavy atom. The average molecular weight is 351 g/mol. The molecular formula is C16H15ClN2O3S. The van der Waals surface area contributed by atoms with Crippen LogP contribution in [0.25, 0.3) is 0 Å². The maximum atomic E-state index is 12.2. The second kappa shape index (κ2) is 7.02. The van der Waals surface area contributed by atoms with Gasteiger partial charge in [0.2, 0.25) is 11.8 Å². The van der Waals surface area contributed by atoms with E-state index in [2.05, 4.69) is 10.6 Å². The first-order valence-electron chi connectivity index (χ1n) is 7.14. The van der Waals surface area contributed by atoms with E-state index >= 15 is 0 Å². The summed E-state index contributed by atoms with van der Waals surface area (Å²) in [5, 5.41) is 8.08. The molecule has 1 unspecified atom stereocenters. The highest BCUT2D eigenvalue weighted by Crippen LogP contribution is 2.31. The van der Waals surface area contributed by atoms with Crippen LogP contribution in [-0.4, -0.2) is 18.4 Å². The van der Waals surface area contributed by atoms with Gasteiger partial charge in [-0.15, -0.1) is 11.3 Å². The summed E-state index contributed by atoms with van der Waals surface area (Å²) >= 11 is 7.50. The topological polar surface area (TPSA) is 67.4 Å². The molecule has 0 spiro atoms. The zero-order valence-corrected chi connectivity index (χ0v) is 13.7. The van der Waals surface area contributed by atoms with Gasteiger partial charge >= 0.3 is 0 Å². The lowest BCUT2D eigenvalue weighted by Gasteiger charge is -2.12. The minimum absolute atomic E-state index is 0.0823. The van der Waals surface area contributed by atoms with Crippen LogP contribution in [-0.2, 0) is 16.1 Å². The van der Waals surface area contributed by atoms with E-state index in [0.717, 1.165) is 4.88 Å². The van der Waals surface area contributed by atoms with Crippen LogP contribution < -0.4 is 15.4 Å². The molecule has 2 N–H and O–H groups in total. The number of fused-ring (bicyclic) bond motifs is 1. The third-order valence-corrected chi connectivity index (χ3v) is 4.60. The molecule has 0 aliphatic carbocycles. The van der Waals surface area contributed by atoms with E-state index in [0.29, 0.717) is 23.0 Å². The molecule has 1 aromatic carbocycles. The Bertz CT molecular complexity index is 718. The van der Waals surface area contributed by atoms with Crippen LogP contribution >= 0.6 is 22.9 Å². The van der Waals surface area contributed by atoms with Crippen molar-refractivity contribution in [1.29, 1.82) is 0 Å². The number of nitrogens with one attached hydrogen (secondary N) is 2. The summed E-state index contributed by atoms with van der Waals surface area (Å²) < 4.78 is 5.62. The minimum Gasteiger partial charge on any atom is -0.491 e. The standard InChI is InChI=1S/C16H15ClN2O3S/c17-11-3-4-13-14(7-11)22-9-10(16(21)19-13)6-15(20)18-8-12-2-1-5-23-12/h1-5,7,10H,6,8-9H2,(H,18,20)(H,19,21). The first-order valence-corrected chi connectivity index (χ1v) is 8.40. The van der Waals surface area contributed by atoms with Crippen LogP contribution in [0.1, 0.15) is 11.3 Å². The number of benzene rings is 1. The Balaban J connectivity index is 1.58. The van der Waals surface area contributed by atoms with E-state index in [4.69, 9.17) is 16.3 Å². The molecule has 5 nitrogen and oxygen atoms in total. The third-order valence-electron chi connectivity index (χ3n) is 3.48. The quantitative estimate of drug-likeness (QED) is 0.890. The highest BCUT2D eigenvalue weighted by atomic mass is 35.5. The zero-order chi connectivity index (χ0) is 16.2. The van der Waals surface area contributed by atoms with Gasteiger partial charge in [0.15, 0.2) is 0 Å². The lowest BCUT2D eigenvalue weighted by Crippen LogP contribution is -2.32. The van der Waals surface area contributed by atoms with Gasteiger partial charge < -0.3 is 15.4 Å². The number of anilines is 1. The molecular weight excluding hydrogens is 336 g/mol. The summed E-state index contributed by atoms with van der Waals surface area (Å²) in [6.45, 7) is 0.618. The van der Waals surface area contributed by atoms with Gasteiger partial charge in [-0.05, 0) is 23.6 Å². The summed E-state index contributed by atoms with van der Waals surface area (Å²) in [5.41, 5.74) is 0.570. The van der Waals surface area contributed by atoms with E-state index in [1.165, 1.54) is 0 Å². The third kappa shape index (κ3) is 4.03. The molecule has 0 radical (unpaired) electrons. The molecule has 0 saturated carbocycles. The highest BCUT2D eigenvalue weighted by Gasteiger charge is 2.27. The molecule has 1 aliphatic heterocycles. The van der Waals surface area contributed by atoms with Gasteiger partial charge in [0, 0.05) is 22.4 Å². The number of rotatable bonds is 4. The van der Waals surface area contributed by atoms with Gasteiger partial charge in [0.1, 0.15) is 12.4 Å². The summed E-state index contributed by atoms with van der Waals surface area (Å²) in [6.07, 6.45) is 0.0823. The number of ether oxygens (including phenoxy) is 1. The number of carbonyl (C=O) groups is 2. The van der Waals surface area contributed by atoms with E-state index in [1.807, 2.05) is 17.5 Å². The van der Waals surface area contributed by atoms with Gasteiger partial charge in [-0.25, -0.2) is 0 Å². The zero-order valence-electron chi connectivity index (χ0n) is 12.2. The molecule has 1 atom stereocenters. The molecule has 7 heteroatoms. The lowest BCUT2D eigenvalue weighted by molar-refractivity contribution is -0.128. The summed E-state index contributed by atoms with van der Waals surface area (Å²) in [7, 11) is 0. The predicted octanol–water partition coefficient (Wildman–Crippen LogP) is 3.06. The largest absolute Gasteiger partial charge is 0.491 e. The van der Waals surface area contributed by atoms with Gasteiger partial charge in [-0.1, -0.05) is 17.7 Å². The lowest BCUT2D eigenvalue weighted by atomic mass is 10.1. The van der Waals surface area contributed by atoms with E-state index in [1.54, 1.807) is 29.5 Å². The maximum Gasteiger partial charge on any atom is 0.231 e. The number of thiophene rings is 1. The van der Waals surface area contributed by atoms with E-state index < -0.39 is 5.92 Å². The highest BCUT2D eigenvalue weighted by molar-refractivity contribution is 7.09. The second-order valence-electron chi connectivity index (χ2n) is 5.20. The van der Waals surface area contributed by atoms with Crippen molar-refractivity contribution in [2.45, 2.75) is 13.0 Å². The van der Waals surface area contributed by atoms with Crippen LogP contribution in [0.5, 0.6) is 5.75 Å². The van der Waals surface area contributed by atoms with Crippen molar-refractivity contribution in [3.63, 3.8) is 0 Å². The van der Waals surface area contributed by atoms with Crippen molar-refractivity contribution in [2.75, 3.05) is 11.9 Å². The Labute approximate surface area is 142 Å². The maximum absolute atomic E-state index is 12.2. The average Bonchev–Trinajstić information content (AvgIpc) is 3.00. The van der Waals surface area contributed by atoms with Crippen LogP contribution in [0, 0.1) is 5.92 Å². The number of hydrogen-bond acceptors (Lipinski definition) is 4. The summed E-state index contributed by atoms with van der Waals surface area (Å²) in [6, 6.07) is 8.90. The smallest absolute Gasteiger partial charge is 0.231 e. The second-order valence-corrected chi connectivity index (χ2v) is 6.67. The van der Waals surface area contributed by atoms with Crippen molar-refractivity contribution >= 4 is 40.4 Å². The first kappa shape index (κ1) is 15.8. The fraction of sp³-hybridized carbons (Fsp3) is 0.250. The van der Waals surface area contributed by atoms with Gasteiger partial charge in [0.05, 0.1) is 18.2 Å². The molecule has 120 valence electrons. The summed E-state index contributed by atoms with van der Waals surface area (Å²) in [5.74, 6) is -0.416. The Kier molecular flexibility index (Phi) is 4.83.